The molecule has 1 aliphatic rings. The molecule has 0 aliphatic carbocycles. The monoisotopic (exact) mass is 293 g/mol. The van der Waals surface area contributed by atoms with Gasteiger partial charge in [-0.05, 0) is 31.4 Å². The molecule has 4 nitrogen and oxygen atoms in total. The lowest BCUT2D eigenvalue weighted by molar-refractivity contribution is -0.0487. The molecule has 1 unspecified atom stereocenters. The number of para-hydroxylation sites is 2. The van der Waals surface area contributed by atoms with E-state index in [1.54, 1.807) is 0 Å². The Morgan fingerprint density at radius 1 is 1.29 bits per heavy atom. The van der Waals surface area contributed by atoms with E-state index in [4.69, 9.17) is 14.2 Å². The van der Waals surface area contributed by atoms with Gasteiger partial charge in [-0.3, -0.25) is 0 Å². The molecule has 0 radical (unpaired) electrons. The summed E-state index contributed by atoms with van der Waals surface area (Å²) in [4.78, 5) is 0. The maximum Gasteiger partial charge on any atom is 0.161 e. The van der Waals surface area contributed by atoms with Gasteiger partial charge in [0.1, 0.15) is 12.2 Å². The maximum atomic E-state index is 6.26. The van der Waals surface area contributed by atoms with E-state index < -0.39 is 0 Å². The Hall–Kier alpha value is -1.26. The van der Waals surface area contributed by atoms with E-state index in [-0.39, 0.29) is 12.2 Å². The van der Waals surface area contributed by atoms with Crippen LogP contribution < -0.4 is 14.8 Å². The maximum absolute atomic E-state index is 6.26. The van der Waals surface area contributed by atoms with Crippen molar-refractivity contribution in [2.24, 2.45) is 5.92 Å². The Morgan fingerprint density at radius 3 is 2.67 bits per heavy atom. The number of rotatable bonds is 7. The van der Waals surface area contributed by atoms with Crippen LogP contribution >= 0.6 is 0 Å². The van der Waals surface area contributed by atoms with E-state index in [1.807, 2.05) is 31.2 Å². The van der Waals surface area contributed by atoms with E-state index in [2.05, 4.69) is 19.2 Å². The third kappa shape index (κ3) is 4.90. The van der Waals surface area contributed by atoms with Crippen molar-refractivity contribution in [2.45, 2.75) is 39.4 Å². The molecule has 1 fully saturated rings. The largest absolute Gasteiger partial charge is 0.490 e. The molecule has 1 N–H and O–H groups in total. The van der Waals surface area contributed by atoms with E-state index in [0.29, 0.717) is 12.5 Å². The predicted octanol–water partition coefficient (Wildman–Crippen LogP) is 2.87. The number of ether oxygens (including phenoxy) is 3. The molecule has 118 valence electrons. The Labute approximate surface area is 127 Å². The molecule has 0 amide bonds. The summed E-state index contributed by atoms with van der Waals surface area (Å²) < 4.78 is 17.8. The van der Waals surface area contributed by atoms with Gasteiger partial charge in [0, 0.05) is 13.1 Å². The molecule has 2 rings (SSSR count). The lowest BCUT2D eigenvalue weighted by Crippen LogP contribution is -2.47. The van der Waals surface area contributed by atoms with Crippen molar-refractivity contribution in [1.29, 1.82) is 0 Å². The summed E-state index contributed by atoms with van der Waals surface area (Å²) in [7, 11) is 0. The van der Waals surface area contributed by atoms with Crippen LogP contribution in [-0.2, 0) is 4.74 Å². The molecular weight excluding hydrogens is 266 g/mol. The number of hydrogen-bond donors (Lipinski definition) is 1. The topological polar surface area (TPSA) is 39.7 Å². The molecule has 0 saturated carbocycles. The molecule has 1 aliphatic heterocycles. The standard InChI is InChI=1S/C17H27NO3/c1-4-19-14-7-5-6-8-15(14)21-16(11-13(2)3)17-12-18-9-10-20-17/h5-8,13,16-18H,4,9-12H2,1-3H3/t16?,17-/m0/s1. The highest BCUT2D eigenvalue weighted by Crippen LogP contribution is 2.29. The molecule has 1 aromatic rings. The van der Waals surface area contributed by atoms with E-state index in [9.17, 15) is 0 Å². The quantitative estimate of drug-likeness (QED) is 0.839. The van der Waals surface area contributed by atoms with Crippen LogP contribution in [0.4, 0.5) is 0 Å². The minimum atomic E-state index is 0.0411. The van der Waals surface area contributed by atoms with Gasteiger partial charge in [-0.1, -0.05) is 26.0 Å². The van der Waals surface area contributed by atoms with Gasteiger partial charge < -0.3 is 19.5 Å². The van der Waals surface area contributed by atoms with Gasteiger partial charge in [0.15, 0.2) is 11.5 Å². The second-order valence-electron chi connectivity index (χ2n) is 5.78. The minimum absolute atomic E-state index is 0.0411. The van der Waals surface area contributed by atoms with Gasteiger partial charge in [-0.15, -0.1) is 0 Å². The average molecular weight is 293 g/mol. The molecule has 4 heteroatoms. The summed E-state index contributed by atoms with van der Waals surface area (Å²) in [6.45, 7) is 9.54. The van der Waals surface area contributed by atoms with Gasteiger partial charge in [-0.2, -0.15) is 0 Å². The number of nitrogens with one attached hydrogen (secondary N) is 1. The second kappa shape index (κ2) is 8.25. The van der Waals surface area contributed by atoms with Crippen LogP contribution in [0.1, 0.15) is 27.2 Å². The zero-order chi connectivity index (χ0) is 15.1. The first-order valence-corrected chi connectivity index (χ1v) is 7.91. The summed E-state index contributed by atoms with van der Waals surface area (Å²) in [5.74, 6) is 2.16. The van der Waals surface area contributed by atoms with Crippen LogP contribution in [0.15, 0.2) is 24.3 Å². The van der Waals surface area contributed by atoms with Crippen molar-refractivity contribution in [1.82, 2.24) is 5.32 Å². The zero-order valence-electron chi connectivity index (χ0n) is 13.3. The van der Waals surface area contributed by atoms with Crippen molar-refractivity contribution in [3.63, 3.8) is 0 Å². The zero-order valence-corrected chi connectivity index (χ0v) is 13.3. The smallest absolute Gasteiger partial charge is 0.161 e. The summed E-state index contributed by atoms with van der Waals surface area (Å²) in [5.41, 5.74) is 0. The lowest BCUT2D eigenvalue weighted by Gasteiger charge is -2.32. The molecular formula is C17H27NO3. The van der Waals surface area contributed by atoms with Crippen molar-refractivity contribution in [3.05, 3.63) is 24.3 Å². The van der Waals surface area contributed by atoms with Crippen LogP contribution in [0, 0.1) is 5.92 Å². The fourth-order valence-electron chi connectivity index (χ4n) is 2.55. The molecule has 1 saturated heterocycles. The summed E-state index contributed by atoms with van der Waals surface area (Å²) in [5, 5.41) is 3.38. The first-order valence-electron chi connectivity index (χ1n) is 7.91. The van der Waals surface area contributed by atoms with Gasteiger partial charge in [0.2, 0.25) is 0 Å². The van der Waals surface area contributed by atoms with Crippen LogP contribution in [0.25, 0.3) is 0 Å². The summed E-state index contributed by atoms with van der Waals surface area (Å²) >= 11 is 0. The van der Waals surface area contributed by atoms with Gasteiger partial charge in [-0.25, -0.2) is 0 Å². The third-order valence-electron chi connectivity index (χ3n) is 3.50. The van der Waals surface area contributed by atoms with Crippen LogP contribution in [0.2, 0.25) is 0 Å². The van der Waals surface area contributed by atoms with Crippen LogP contribution in [0.5, 0.6) is 11.5 Å². The second-order valence-corrected chi connectivity index (χ2v) is 5.78. The Bertz CT molecular complexity index is 416. The highest BCUT2D eigenvalue weighted by molar-refractivity contribution is 5.39. The van der Waals surface area contributed by atoms with Crippen molar-refractivity contribution < 1.29 is 14.2 Å². The predicted molar refractivity (Wildman–Crippen MR) is 84.1 cm³/mol. The highest BCUT2D eigenvalue weighted by Gasteiger charge is 2.27. The molecule has 0 aromatic heterocycles. The third-order valence-corrected chi connectivity index (χ3v) is 3.50. The van der Waals surface area contributed by atoms with Gasteiger partial charge in [0.05, 0.1) is 13.2 Å². The average Bonchev–Trinajstić information content (AvgIpc) is 2.49. The van der Waals surface area contributed by atoms with Gasteiger partial charge in [0.25, 0.3) is 0 Å². The van der Waals surface area contributed by atoms with Crippen molar-refractivity contribution in [2.75, 3.05) is 26.3 Å². The van der Waals surface area contributed by atoms with E-state index >= 15 is 0 Å². The van der Waals surface area contributed by atoms with Crippen LogP contribution in [-0.4, -0.2) is 38.5 Å². The summed E-state index contributed by atoms with van der Waals surface area (Å²) in [6, 6.07) is 7.86. The van der Waals surface area contributed by atoms with Crippen molar-refractivity contribution in [3.8, 4) is 11.5 Å². The molecule has 1 heterocycles. The van der Waals surface area contributed by atoms with Crippen LogP contribution in [0.3, 0.4) is 0 Å². The van der Waals surface area contributed by atoms with Gasteiger partial charge >= 0.3 is 0 Å². The SMILES string of the molecule is CCOc1ccccc1OC(CC(C)C)[C@@H]1CNCCO1. The lowest BCUT2D eigenvalue weighted by atomic mass is 10.0. The molecule has 1 aromatic carbocycles. The van der Waals surface area contributed by atoms with E-state index in [0.717, 1.165) is 37.6 Å². The molecule has 0 spiro atoms. The fraction of sp³-hybridized carbons (Fsp3) is 0.647. The molecule has 0 bridgehead atoms. The first-order chi connectivity index (χ1) is 10.2. The number of morpholine rings is 1. The Kier molecular flexibility index (Phi) is 6.33. The Morgan fingerprint density at radius 2 is 2.05 bits per heavy atom. The normalized spacial score (nSPS) is 20.3. The van der Waals surface area contributed by atoms with Crippen molar-refractivity contribution >= 4 is 0 Å². The fourth-order valence-corrected chi connectivity index (χ4v) is 2.55. The highest BCUT2D eigenvalue weighted by atomic mass is 16.6. The first kappa shape index (κ1) is 16.1. The minimum Gasteiger partial charge on any atom is -0.490 e. The molecule has 21 heavy (non-hydrogen) atoms. The number of hydrogen-bond acceptors (Lipinski definition) is 4. The molecule has 2 atom stereocenters. The number of benzene rings is 1. The Balaban J connectivity index is 2.10. The van der Waals surface area contributed by atoms with E-state index in [1.165, 1.54) is 0 Å². The summed E-state index contributed by atoms with van der Waals surface area (Å²) in [6.07, 6.45) is 1.10.